The van der Waals surface area contributed by atoms with E-state index in [9.17, 15) is 0 Å². The van der Waals surface area contributed by atoms with Gasteiger partial charge in [-0.3, -0.25) is 4.99 Å². The smallest absolute Gasteiger partial charge is 0.147 e. The van der Waals surface area contributed by atoms with E-state index in [2.05, 4.69) is 22.0 Å². The number of amidine groups is 1. The minimum absolute atomic E-state index is 0.199. The number of methoxy groups -OCH3 is 1. The Labute approximate surface area is 128 Å². The second-order valence-corrected chi connectivity index (χ2v) is 5.54. The number of ether oxygens (including phenoxy) is 1. The fourth-order valence-electron chi connectivity index (χ4n) is 2.52. The summed E-state index contributed by atoms with van der Waals surface area (Å²) in [5, 5.41) is 1.21. The van der Waals surface area contributed by atoms with Crippen molar-refractivity contribution in [2.45, 2.75) is 12.5 Å². The molecule has 0 spiro atoms. The van der Waals surface area contributed by atoms with Crippen molar-refractivity contribution in [2.24, 2.45) is 4.99 Å². The third-order valence-corrected chi connectivity index (χ3v) is 3.97. The summed E-state index contributed by atoms with van der Waals surface area (Å²) in [4.78, 5) is 6.54. The highest BCUT2D eigenvalue weighted by atomic mass is 35.5. The lowest BCUT2D eigenvalue weighted by molar-refractivity contribution is 0.369. The fraction of sp³-hybridized carbons (Fsp3) is 0.267. The van der Waals surface area contributed by atoms with Gasteiger partial charge in [-0.25, -0.2) is 0 Å². The summed E-state index contributed by atoms with van der Waals surface area (Å²) >= 11 is 12.3. The highest BCUT2D eigenvalue weighted by Gasteiger charge is 2.29. The third-order valence-electron chi connectivity index (χ3n) is 3.49. The zero-order valence-corrected chi connectivity index (χ0v) is 12.5. The minimum atomic E-state index is 0.199. The van der Waals surface area contributed by atoms with Crippen LogP contribution in [0.25, 0.3) is 0 Å². The van der Waals surface area contributed by atoms with Gasteiger partial charge in [0, 0.05) is 12.7 Å². The van der Waals surface area contributed by atoms with E-state index >= 15 is 0 Å². The summed E-state index contributed by atoms with van der Waals surface area (Å²) in [6, 6.07) is 8.27. The summed E-state index contributed by atoms with van der Waals surface area (Å²) in [6.45, 7) is 0.762. The van der Waals surface area contributed by atoms with Crippen molar-refractivity contribution in [1.82, 2.24) is 4.90 Å². The van der Waals surface area contributed by atoms with Gasteiger partial charge in [0.1, 0.15) is 11.6 Å². The number of hydrogen-bond acceptors (Lipinski definition) is 3. The first-order valence-corrected chi connectivity index (χ1v) is 7.16. The molecule has 3 nitrogen and oxygen atoms in total. The van der Waals surface area contributed by atoms with Gasteiger partial charge in [0.2, 0.25) is 0 Å². The second kappa shape index (κ2) is 5.51. The summed E-state index contributed by atoms with van der Waals surface area (Å²) in [6.07, 6.45) is 4.55. The van der Waals surface area contributed by atoms with E-state index in [0.717, 1.165) is 24.6 Å². The number of fused-ring (bicyclic) bond motifs is 1. The Morgan fingerprint density at radius 2 is 2.00 bits per heavy atom. The molecule has 1 aromatic rings. The number of allylic oxidation sites excluding steroid dienone is 2. The fourth-order valence-corrected chi connectivity index (χ4v) is 3.07. The van der Waals surface area contributed by atoms with Gasteiger partial charge in [-0.05, 0) is 30.2 Å². The molecule has 0 saturated heterocycles. The van der Waals surface area contributed by atoms with Crippen LogP contribution in [0.1, 0.15) is 18.0 Å². The zero-order chi connectivity index (χ0) is 14.1. The Morgan fingerprint density at radius 1 is 1.25 bits per heavy atom. The molecule has 0 amide bonds. The van der Waals surface area contributed by atoms with Crippen LogP contribution in [0, 0.1) is 0 Å². The predicted molar refractivity (Wildman–Crippen MR) is 82.4 cm³/mol. The molecule has 0 bridgehead atoms. The second-order valence-electron chi connectivity index (χ2n) is 4.70. The molecule has 2 aliphatic rings. The van der Waals surface area contributed by atoms with Crippen LogP contribution in [0.2, 0.25) is 0 Å². The standard InChI is InChI=1S/C15H14Cl2N2O/c1-20-12-4-2-10(3-5-12)14-6-7-18-15-13(17)8-11(16)9-19(14)15/h2-5,8-9,14H,6-7H2,1H3. The normalized spacial score (nSPS) is 21.6. The largest absolute Gasteiger partial charge is 0.497 e. The third kappa shape index (κ3) is 2.43. The van der Waals surface area contributed by atoms with Gasteiger partial charge in [0.25, 0.3) is 0 Å². The summed E-state index contributed by atoms with van der Waals surface area (Å²) in [5.41, 5.74) is 1.20. The molecular formula is C15H14Cl2N2O. The predicted octanol–water partition coefficient (Wildman–Crippen LogP) is 4.06. The maximum absolute atomic E-state index is 6.23. The molecule has 20 heavy (non-hydrogen) atoms. The molecule has 2 aliphatic heterocycles. The summed E-state index contributed by atoms with van der Waals surface area (Å²) in [5.74, 6) is 1.65. The van der Waals surface area contributed by atoms with Crippen molar-refractivity contribution < 1.29 is 4.74 Å². The number of aliphatic imine (C=N–C) groups is 1. The van der Waals surface area contributed by atoms with Crippen LogP contribution in [-0.2, 0) is 0 Å². The van der Waals surface area contributed by atoms with Crippen molar-refractivity contribution in [1.29, 1.82) is 0 Å². The first kappa shape index (κ1) is 13.5. The Morgan fingerprint density at radius 3 is 2.70 bits per heavy atom. The maximum Gasteiger partial charge on any atom is 0.147 e. The van der Waals surface area contributed by atoms with Gasteiger partial charge in [-0.15, -0.1) is 0 Å². The Hall–Kier alpha value is -1.45. The maximum atomic E-state index is 6.23. The summed E-state index contributed by atoms with van der Waals surface area (Å²) in [7, 11) is 1.66. The van der Waals surface area contributed by atoms with E-state index in [4.69, 9.17) is 27.9 Å². The van der Waals surface area contributed by atoms with Crippen LogP contribution < -0.4 is 4.74 Å². The molecule has 104 valence electrons. The minimum Gasteiger partial charge on any atom is -0.497 e. The van der Waals surface area contributed by atoms with Crippen LogP contribution in [0.15, 0.2) is 51.6 Å². The van der Waals surface area contributed by atoms with Crippen LogP contribution >= 0.6 is 23.2 Å². The molecule has 1 atom stereocenters. The first-order chi connectivity index (χ1) is 9.69. The van der Waals surface area contributed by atoms with Crippen LogP contribution in [0.3, 0.4) is 0 Å². The number of hydrogen-bond donors (Lipinski definition) is 0. The lowest BCUT2D eigenvalue weighted by atomic mass is 9.99. The number of nitrogens with zero attached hydrogens (tertiary/aromatic N) is 2. The van der Waals surface area contributed by atoms with Gasteiger partial charge < -0.3 is 9.64 Å². The molecule has 3 rings (SSSR count). The molecule has 0 radical (unpaired) electrons. The van der Waals surface area contributed by atoms with E-state index in [1.807, 2.05) is 18.3 Å². The molecular weight excluding hydrogens is 295 g/mol. The first-order valence-electron chi connectivity index (χ1n) is 6.40. The lowest BCUT2D eigenvalue weighted by Crippen LogP contribution is -2.36. The van der Waals surface area contributed by atoms with Crippen molar-refractivity contribution in [3.05, 3.63) is 52.2 Å². The van der Waals surface area contributed by atoms with Gasteiger partial charge in [-0.1, -0.05) is 35.3 Å². The van der Waals surface area contributed by atoms with Gasteiger partial charge in [-0.2, -0.15) is 0 Å². The van der Waals surface area contributed by atoms with Gasteiger partial charge in [0.15, 0.2) is 0 Å². The highest BCUT2D eigenvalue weighted by molar-refractivity contribution is 6.45. The van der Waals surface area contributed by atoms with Crippen LogP contribution in [0.5, 0.6) is 5.75 Å². The van der Waals surface area contributed by atoms with E-state index in [0.29, 0.717) is 10.1 Å². The van der Waals surface area contributed by atoms with E-state index < -0.39 is 0 Å². The molecule has 1 aromatic carbocycles. The number of benzene rings is 1. The molecule has 5 heteroatoms. The molecule has 2 heterocycles. The molecule has 0 N–H and O–H groups in total. The van der Waals surface area contributed by atoms with Gasteiger partial charge in [0.05, 0.1) is 23.2 Å². The van der Waals surface area contributed by atoms with Crippen molar-refractivity contribution in [3.8, 4) is 5.75 Å². The Balaban J connectivity index is 1.94. The van der Waals surface area contributed by atoms with Crippen LogP contribution in [0.4, 0.5) is 0 Å². The average Bonchev–Trinajstić information content (AvgIpc) is 2.47. The molecule has 0 aromatic heterocycles. The quantitative estimate of drug-likeness (QED) is 0.823. The molecule has 0 saturated carbocycles. The Kier molecular flexibility index (Phi) is 3.72. The Bertz CT molecular complexity index is 605. The number of halogens is 2. The van der Waals surface area contributed by atoms with Gasteiger partial charge >= 0.3 is 0 Å². The SMILES string of the molecule is COc1ccc(C2CCN=C3C(Cl)=CC(Cl)=CN32)cc1. The van der Waals surface area contributed by atoms with E-state index in [1.165, 1.54) is 5.56 Å². The topological polar surface area (TPSA) is 24.8 Å². The summed E-state index contributed by atoms with van der Waals surface area (Å²) < 4.78 is 5.20. The number of rotatable bonds is 2. The zero-order valence-electron chi connectivity index (χ0n) is 11.0. The molecule has 0 aliphatic carbocycles. The monoisotopic (exact) mass is 308 g/mol. The highest BCUT2D eigenvalue weighted by Crippen LogP contribution is 2.35. The van der Waals surface area contributed by atoms with E-state index in [1.54, 1.807) is 13.2 Å². The molecule has 1 unspecified atom stereocenters. The van der Waals surface area contributed by atoms with Crippen molar-refractivity contribution in [2.75, 3.05) is 13.7 Å². The lowest BCUT2D eigenvalue weighted by Gasteiger charge is -2.36. The van der Waals surface area contributed by atoms with Crippen molar-refractivity contribution >= 4 is 29.0 Å². The average molecular weight is 309 g/mol. The van der Waals surface area contributed by atoms with E-state index in [-0.39, 0.29) is 6.04 Å². The van der Waals surface area contributed by atoms with Crippen molar-refractivity contribution in [3.63, 3.8) is 0 Å². The molecule has 0 fully saturated rings. The van der Waals surface area contributed by atoms with Crippen LogP contribution in [-0.4, -0.2) is 24.4 Å².